The van der Waals surface area contributed by atoms with Crippen molar-refractivity contribution >= 4 is 23.3 Å². The maximum absolute atomic E-state index is 13.6. The van der Waals surface area contributed by atoms with Crippen molar-refractivity contribution in [3.05, 3.63) is 84.2 Å². The van der Waals surface area contributed by atoms with Crippen LogP contribution in [0, 0.1) is 0 Å². The van der Waals surface area contributed by atoms with Gasteiger partial charge < -0.3 is 19.0 Å². The molecule has 1 N–H and O–H groups in total. The molecule has 0 amide bonds. The Bertz CT molecular complexity index is 1840. The Morgan fingerprint density at radius 3 is 2.49 bits per heavy atom. The van der Waals surface area contributed by atoms with Gasteiger partial charge in [-0.2, -0.15) is 5.10 Å². The summed E-state index contributed by atoms with van der Waals surface area (Å²) < 4.78 is 61.8. The number of aromatic nitrogens is 4. The summed E-state index contributed by atoms with van der Waals surface area (Å²) in [6, 6.07) is 19.4. The molecule has 6 rings (SSSR count). The lowest BCUT2D eigenvalue weighted by Gasteiger charge is -2.17. The minimum absolute atomic E-state index is 0.168. The summed E-state index contributed by atoms with van der Waals surface area (Å²) in [6.45, 7) is 3.56. The van der Waals surface area contributed by atoms with Gasteiger partial charge in [0.2, 0.25) is 0 Å². The Labute approximate surface area is 247 Å². The second-order valence-corrected chi connectivity index (χ2v) is 14.5. The summed E-state index contributed by atoms with van der Waals surface area (Å²) in [5.41, 5.74) is 4.08. The number of fused-ring (bicyclic) bond motifs is 1. The molecule has 0 bridgehead atoms. The molecule has 1 fully saturated rings. The monoisotopic (exact) mass is 608 g/mol. The molecular formula is C32H32F3N4O3P. The molecule has 2 aromatic heterocycles. The summed E-state index contributed by atoms with van der Waals surface area (Å²) >= 11 is 0. The molecule has 0 unspecified atom stereocenters. The fourth-order valence-corrected chi connectivity index (χ4v) is 6.65. The van der Waals surface area contributed by atoms with Crippen molar-refractivity contribution in [1.82, 2.24) is 19.3 Å². The number of nitrogens with zero attached hydrogens (tertiary/aromatic N) is 4. The van der Waals surface area contributed by atoms with Gasteiger partial charge in [0.15, 0.2) is 0 Å². The molecule has 0 radical (unpaired) electrons. The molecule has 1 aliphatic rings. The Morgan fingerprint density at radius 2 is 1.81 bits per heavy atom. The highest BCUT2D eigenvalue weighted by Crippen LogP contribution is 2.48. The molecule has 0 saturated heterocycles. The van der Waals surface area contributed by atoms with Crippen molar-refractivity contribution in [1.29, 1.82) is 0 Å². The third-order valence-electron chi connectivity index (χ3n) is 8.08. The largest absolute Gasteiger partial charge is 0.573 e. The van der Waals surface area contributed by atoms with Crippen LogP contribution in [0.5, 0.6) is 5.75 Å². The first-order valence-corrected chi connectivity index (χ1v) is 16.5. The van der Waals surface area contributed by atoms with Gasteiger partial charge in [0.05, 0.1) is 29.4 Å². The molecule has 2 heterocycles. The normalized spacial score (nSPS) is 15.9. The number of aliphatic hydroxyl groups is 1. The molecule has 7 nitrogen and oxygen atoms in total. The molecule has 3 aromatic carbocycles. The van der Waals surface area contributed by atoms with E-state index in [1.165, 1.54) is 12.1 Å². The molecule has 0 aliphatic heterocycles. The highest BCUT2D eigenvalue weighted by molar-refractivity contribution is 7.70. The summed E-state index contributed by atoms with van der Waals surface area (Å²) in [6.07, 6.45) is -1.59. The average Bonchev–Trinajstić information content (AvgIpc) is 3.63. The summed E-state index contributed by atoms with van der Waals surface area (Å²) in [7, 11) is -1.05. The Balaban J connectivity index is 1.46. The maximum atomic E-state index is 13.6. The lowest BCUT2D eigenvalue weighted by Crippen LogP contribution is -2.19. The van der Waals surface area contributed by atoms with Crippen LogP contribution in [0.4, 0.5) is 13.2 Å². The Kier molecular flexibility index (Phi) is 7.47. The molecule has 2 atom stereocenters. The van der Waals surface area contributed by atoms with Crippen LogP contribution in [-0.4, -0.2) is 43.6 Å². The first-order valence-electron chi connectivity index (χ1n) is 14.2. The van der Waals surface area contributed by atoms with Gasteiger partial charge >= 0.3 is 6.36 Å². The summed E-state index contributed by atoms with van der Waals surface area (Å²) in [5.74, 6) is 0.117. The van der Waals surface area contributed by atoms with Crippen LogP contribution >= 0.6 is 7.14 Å². The third-order valence-corrected chi connectivity index (χ3v) is 10.7. The highest BCUT2D eigenvalue weighted by atomic mass is 31.2. The summed E-state index contributed by atoms with van der Waals surface area (Å²) in [5, 5.41) is 16.6. The quantitative estimate of drug-likeness (QED) is 0.178. The highest BCUT2D eigenvalue weighted by Gasteiger charge is 2.36. The van der Waals surface area contributed by atoms with Gasteiger partial charge in [-0.25, -0.2) is 4.98 Å². The standard InChI is InChI=1S/C32H32F3N4O3P/c1-4-43(3,41)22-15-16-24(28(17-22)42-32(33,34)35)31-36-29(30(38(31)2)21-13-14-21)23-11-8-12-26-25(23)18-39(37-26)19-27(40)20-9-6-5-7-10-20/h5-12,15-18,21,27,40H,4,13-14,19H2,1-3H3/t27-,43-/m0/s1. The van der Waals surface area contributed by atoms with E-state index < -0.39 is 25.4 Å². The van der Waals surface area contributed by atoms with Gasteiger partial charge in [-0.05, 0) is 43.3 Å². The number of imidazole rings is 1. The van der Waals surface area contributed by atoms with Gasteiger partial charge in [-0.3, -0.25) is 4.68 Å². The minimum atomic E-state index is -4.94. The van der Waals surface area contributed by atoms with Gasteiger partial charge in [0.1, 0.15) is 18.7 Å². The topological polar surface area (TPSA) is 82.2 Å². The van der Waals surface area contributed by atoms with E-state index in [-0.39, 0.29) is 18.0 Å². The number of rotatable bonds is 9. The van der Waals surface area contributed by atoms with E-state index in [1.54, 1.807) is 31.4 Å². The van der Waals surface area contributed by atoms with Gasteiger partial charge in [0.25, 0.3) is 0 Å². The number of hydrogen-bond acceptors (Lipinski definition) is 5. The van der Waals surface area contributed by atoms with E-state index in [2.05, 4.69) is 9.84 Å². The van der Waals surface area contributed by atoms with Crippen LogP contribution < -0.4 is 10.0 Å². The molecule has 224 valence electrons. The average molecular weight is 609 g/mol. The van der Waals surface area contributed by atoms with Crippen LogP contribution in [-0.2, 0) is 18.2 Å². The fraction of sp³-hybridized carbons (Fsp3) is 0.312. The zero-order chi connectivity index (χ0) is 30.5. The number of benzene rings is 3. The van der Waals surface area contributed by atoms with Crippen molar-refractivity contribution in [3.63, 3.8) is 0 Å². The molecular weight excluding hydrogens is 576 g/mol. The number of aliphatic hydroxyl groups excluding tert-OH is 1. The zero-order valence-electron chi connectivity index (χ0n) is 24.0. The van der Waals surface area contributed by atoms with E-state index >= 15 is 0 Å². The molecule has 43 heavy (non-hydrogen) atoms. The molecule has 5 aromatic rings. The number of halogens is 3. The number of ether oxygens (including phenoxy) is 1. The maximum Gasteiger partial charge on any atom is 0.573 e. The van der Waals surface area contributed by atoms with Crippen LogP contribution in [0.2, 0.25) is 0 Å². The Morgan fingerprint density at radius 1 is 1.07 bits per heavy atom. The third kappa shape index (κ3) is 5.86. The van der Waals surface area contributed by atoms with E-state index in [1.807, 2.05) is 59.3 Å². The van der Waals surface area contributed by atoms with E-state index in [0.717, 1.165) is 40.6 Å². The number of hydrogen-bond donors (Lipinski definition) is 1. The van der Waals surface area contributed by atoms with Crippen molar-refractivity contribution in [2.24, 2.45) is 7.05 Å². The lowest BCUT2D eigenvalue weighted by molar-refractivity contribution is -0.274. The lowest BCUT2D eigenvalue weighted by atomic mass is 10.0. The van der Waals surface area contributed by atoms with Crippen LogP contribution in [0.15, 0.2) is 72.9 Å². The molecule has 0 spiro atoms. The van der Waals surface area contributed by atoms with Crippen LogP contribution in [0.1, 0.15) is 43.0 Å². The van der Waals surface area contributed by atoms with Crippen molar-refractivity contribution in [3.8, 4) is 28.4 Å². The van der Waals surface area contributed by atoms with Crippen molar-refractivity contribution in [2.45, 2.75) is 44.7 Å². The second kappa shape index (κ2) is 11.0. The van der Waals surface area contributed by atoms with E-state index in [0.29, 0.717) is 23.0 Å². The predicted molar refractivity (Wildman–Crippen MR) is 161 cm³/mol. The molecule has 1 saturated carbocycles. The van der Waals surface area contributed by atoms with Gasteiger partial charge in [-0.15, -0.1) is 13.2 Å². The second-order valence-electron chi connectivity index (χ2n) is 11.2. The molecule has 11 heteroatoms. The van der Waals surface area contributed by atoms with E-state index in [4.69, 9.17) is 4.98 Å². The first kappa shape index (κ1) is 29.2. The van der Waals surface area contributed by atoms with E-state index in [9.17, 15) is 22.8 Å². The van der Waals surface area contributed by atoms with Crippen molar-refractivity contribution in [2.75, 3.05) is 12.8 Å². The number of alkyl halides is 3. The fourth-order valence-electron chi connectivity index (χ4n) is 5.51. The van der Waals surface area contributed by atoms with Gasteiger partial charge in [-0.1, -0.05) is 55.5 Å². The SMILES string of the molecule is CC[P@](C)(=O)c1ccc(-c2nc(-c3cccc4nn(C[C@H](O)c5ccccc5)cc34)c(C3CC3)n2C)c(OC(F)(F)F)c1. The van der Waals surface area contributed by atoms with Crippen LogP contribution in [0.3, 0.4) is 0 Å². The minimum Gasteiger partial charge on any atom is -0.405 e. The van der Waals surface area contributed by atoms with Crippen LogP contribution in [0.25, 0.3) is 33.5 Å². The zero-order valence-corrected chi connectivity index (χ0v) is 24.9. The summed E-state index contributed by atoms with van der Waals surface area (Å²) in [4.78, 5) is 4.94. The first-order chi connectivity index (χ1) is 20.4. The smallest absolute Gasteiger partial charge is 0.405 e. The predicted octanol–water partition coefficient (Wildman–Crippen LogP) is 7.25. The van der Waals surface area contributed by atoms with Gasteiger partial charge in [0, 0.05) is 47.3 Å². The Hall–Kier alpha value is -3.88. The van der Waals surface area contributed by atoms with Crippen molar-refractivity contribution < 1.29 is 27.6 Å². The molecule has 1 aliphatic carbocycles.